The van der Waals surface area contributed by atoms with Crippen molar-refractivity contribution in [2.24, 2.45) is 5.41 Å². The van der Waals surface area contributed by atoms with Gasteiger partial charge in [0.05, 0.1) is 6.04 Å². The van der Waals surface area contributed by atoms with Gasteiger partial charge in [-0.1, -0.05) is 88.4 Å². The molecule has 2 rings (SSSR count). The average Bonchev–Trinajstić information content (AvgIpc) is 2.55. The van der Waals surface area contributed by atoms with Crippen molar-refractivity contribution in [3.05, 3.63) is 71.8 Å². The molecule has 0 aliphatic carbocycles. The van der Waals surface area contributed by atoms with Crippen LogP contribution >= 0.6 is 0 Å². The molecule has 0 N–H and O–H groups in total. The van der Waals surface area contributed by atoms with Crippen LogP contribution in [0.4, 0.5) is 0 Å². The molecule has 0 fully saturated rings. The van der Waals surface area contributed by atoms with E-state index in [4.69, 9.17) is 4.84 Å². The third kappa shape index (κ3) is 4.93. The van der Waals surface area contributed by atoms with Crippen molar-refractivity contribution >= 4 is 0 Å². The molecule has 0 aliphatic rings. The Bertz CT molecular complexity index is 588. The highest BCUT2D eigenvalue weighted by Crippen LogP contribution is 2.39. The van der Waals surface area contributed by atoms with E-state index >= 15 is 0 Å². The van der Waals surface area contributed by atoms with Crippen LogP contribution in [0.25, 0.3) is 0 Å². The normalized spacial score (nSPS) is 14.6. The quantitative estimate of drug-likeness (QED) is 0.564. The van der Waals surface area contributed by atoms with E-state index < -0.39 is 0 Å². The molecule has 2 atom stereocenters. The van der Waals surface area contributed by atoms with E-state index in [1.807, 2.05) is 6.07 Å². The van der Waals surface area contributed by atoms with E-state index in [0.29, 0.717) is 0 Å². The van der Waals surface area contributed by atoms with Crippen LogP contribution < -0.4 is 0 Å². The third-order valence-corrected chi connectivity index (χ3v) is 4.23. The smallest absolute Gasteiger partial charge is 0.101 e. The maximum Gasteiger partial charge on any atom is 0.101 e. The molecule has 130 valence electrons. The summed E-state index contributed by atoms with van der Waals surface area (Å²) in [6, 6.07) is 21.3. The van der Waals surface area contributed by atoms with E-state index in [9.17, 15) is 0 Å². The topological polar surface area (TPSA) is 12.5 Å². The van der Waals surface area contributed by atoms with Crippen LogP contribution in [-0.4, -0.2) is 11.6 Å². The number of rotatable bonds is 7. The molecule has 0 spiro atoms. The van der Waals surface area contributed by atoms with Gasteiger partial charge in [-0.25, -0.2) is 0 Å². The van der Waals surface area contributed by atoms with Gasteiger partial charge in [0.15, 0.2) is 0 Å². The van der Waals surface area contributed by atoms with Gasteiger partial charge >= 0.3 is 0 Å². The molecular formula is C22H31NO. The predicted octanol–water partition coefficient (Wildman–Crippen LogP) is 6.18. The fraction of sp³-hybridized carbons (Fsp3) is 0.455. The molecular weight excluding hydrogens is 294 g/mol. The molecule has 2 heteroatoms. The SMILES string of the molecule is CCCN(OC(C)c1ccccc1)C(c1ccccc1)C(C)(C)C. The van der Waals surface area contributed by atoms with Crippen LogP contribution in [-0.2, 0) is 4.84 Å². The molecule has 2 aromatic rings. The van der Waals surface area contributed by atoms with Crippen molar-refractivity contribution in [3.63, 3.8) is 0 Å². The average molecular weight is 325 g/mol. The van der Waals surface area contributed by atoms with E-state index in [1.165, 1.54) is 11.1 Å². The summed E-state index contributed by atoms with van der Waals surface area (Å²) in [4.78, 5) is 6.45. The van der Waals surface area contributed by atoms with Crippen LogP contribution in [0.3, 0.4) is 0 Å². The van der Waals surface area contributed by atoms with E-state index in [2.05, 4.69) is 94.3 Å². The van der Waals surface area contributed by atoms with Gasteiger partial charge in [0.1, 0.15) is 6.10 Å². The Hall–Kier alpha value is -1.64. The first-order valence-electron chi connectivity index (χ1n) is 8.96. The second kappa shape index (κ2) is 8.46. The van der Waals surface area contributed by atoms with Crippen LogP contribution in [0.5, 0.6) is 0 Å². The zero-order valence-corrected chi connectivity index (χ0v) is 15.7. The third-order valence-electron chi connectivity index (χ3n) is 4.23. The van der Waals surface area contributed by atoms with Crippen LogP contribution in [0.2, 0.25) is 0 Å². The molecule has 24 heavy (non-hydrogen) atoms. The number of hydrogen-bond acceptors (Lipinski definition) is 2. The molecule has 2 nitrogen and oxygen atoms in total. The first kappa shape index (κ1) is 18.7. The van der Waals surface area contributed by atoms with Gasteiger partial charge in [-0.3, -0.25) is 4.84 Å². The van der Waals surface area contributed by atoms with Crippen molar-refractivity contribution in [1.82, 2.24) is 5.06 Å². The highest BCUT2D eigenvalue weighted by Gasteiger charge is 2.33. The van der Waals surface area contributed by atoms with Gasteiger partial charge in [-0.15, -0.1) is 0 Å². The first-order chi connectivity index (χ1) is 11.4. The lowest BCUT2D eigenvalue weighted by Gasteiger charge is -2.41. The Kier molecular flexibility index (Phi) is 6.59. The van der Waals surface area contributed by atoms with Gasteiger partial charge in [0, 0.05) is 6.54 Å². The zero-order valence-electron chi connectivity index (χ0n) is 15.7. The van der Waals surface area contributed by atoms with Crippen LogP contribution in [0, 0.1) is 5.41 Å². The summed E-state index contributed by atoms with van der Waals surface area (Å²) in [5.74, 6) is 0. The fourth-order valence-electron chi connectivity index (χ4n) is 3.18. The van der Waals surface area contributed by atoms with E-state index in [1.54, 1.807) is 0 Å². The maximum atomic E-state index is 6.45. The minimum absolute atomic E-state index is 0.0336. The lowest BCUT2D eigenvalue weighted by molar-refractivity contribution is -0.239. The zero-order chi connectivity index (χ0) is 17.6. The summed E-state index contributed by atoms with van der Waals surface area (Å²) in [5, 5.41) is 2.19. The van der Waals surface area contributed by atoms with Crippen molar-refractivity contribution in [1.29, 1.82) is 0 Å². The molecule has 0 heterocycles. The molecule has 0 amide bonds. The largest absolute Gasteiger partial charge is 0.291 e. The van der Waals surface area contributed by atoms with Gasteiger partial charge in [0.2, 0.25) is 0 Å². The first-order valence-corrected chi connectivity index (χ1v) is 8.96. The summed E-state index contributed by atoms with van der Waals surface area (Å²) < 4.78 is 0. The lowest BCUT2D eigenvalue weighted by atomic mass is 9.82. The van der Waals surface area contributed by atoms with Crippen molar-refractivity contribution < 1.29 is 4.84 Å². The highest BCUT2D eigenvalue weighted by atomic mass is 16.7. The Balaban J connectivity index is 2.28. The summed E-state index contributed by atoms with van der Waals surface area (Å²) in [7, 11) is 0. The number of benzene rings is 2. The summed E-state index contributed by atoms with van der Waals surface area (Å²) >= 11 is 0. The lowest BCUT2D eigenvalue weighted by Crippen LogP contribution is -2.38. The summed E-state index contributed by atoms with van der Waals surface area (Å²) in [6.45, 7) is 12.1. The Morgan fingerprint density at radius 2 is 1.38 bits per heavy atom. The second-order valence-electron chi connectivity index (χ2n) is 7.48. The van der Waals surface area contributed by atoms with Crippen LogP contribution in [0.1, 0.15) is 64.3 Å². The van der Waals surface area contributed by atoms with Gasteiger partial charge in [-0.2, -0.15) is 5.06 Å². The maximum absolute atomic E-state index is 6.45. The predicted molar refractivity (Wildman–Crippen MR) is 102 cm³/mol. The van der Waals surface area contributed by atoms with Gasteiger partial charge in [0.25, 0.3) is 0 Å². The Morgan fingerprint density at radius 3 is 1.83 bits per heavy atom. The second-order valence-corrected chi connectivity index (χ2v) is 7.48. The monoisotopic (exact) mass is 325 g/mol. The van der Waals surface area contributed by atoms with E-state index in [0.717, 1.165) is 13.0 Å². The van der Waals surface area contributed by atoms with Crippen LogP contribution in [0.15, 0.2) is 60.7 Å². The molecule has 0 aromatic heterocycles. The Labute approximate surface area is 147 Å². The van der Waals surface area contributed by atoms with Gasteiger partial charge < -0.3 is 0 Å². The standard InChI is InChI=1S/C22H31NO/c1-6-17-23(24-18(2)19-13-9-7-10-14-19)21(22(3,4)5)20-15-11-8-12-16-20/h7-16,18,21H,6,17H2,1-5H3. The fourth-order valence-corrected chi connectivity index (χ4v) is 3.18. The molecule has 0 saturated carbocycles. The minimum atomic E-state index is 0.0336. The van der Waals surface area contributed by atoms with Gasteiger partial charge in [-0.05, 0) is 29.9 Å². The molecule has 0 radical (unpaired) electrons. The molecule has 0 bridgehead atoms. The number of hydroxylamine groups is 2. The molecule has 0 saturated heterocycles. The molecule has 2 unspecified atom stereocenters. The summed E-state index contributed by atoms with van der Waals surface area (Å²) in [6.07, 6.45) is 1.09. The summed E-state index contributed by atoms with van der Waals surface area (Å²) in [5.41, 5.74) is 2.59. The van der Waals surface area contributed by atoms with E-state index in [-0.39, 0.29) is 17.6 Å². The number of hydrogen-bond donors (Lipinski definition) is 0. The number of nitrogens with zero attached hydrogens (tertiary/aromatic N) is 1. The van der Waals surface area contributed by atoms with Crippen molar-refractivity contribution in [2.45, 2.75) is 53.2 Å². The van der Waals surface area contributed by atoms with Crippen molar-refractivity contribution in [2.75, 3.05) is 6.54 Å². The molecule has 0 aliphatic heterocycles. The highest BCUT2D eigenvalue weighted by molar-refractivity contribution is 5.21. The Morgan fingerprint density at radius 1 is 0.875 bits per heavy atom. The molecule has 2 aromatic carbocycles. The minimum Gasteiger partial charge on any atom is -0.291 e. The van der Waals surface area contributed by atoms with Crippen molar-refractivity contribution in [3.8, 4) is 0 Å².